The number of piperazine rings is 1. The molecule has 2 bridgehead atoms. The van der Waals surface area contributed by atoms with Crippen LogP contribution in [0.1, 0.15) is 25.7 Å². The van der Waals surface area contributed by atoms with Crippen LogP contribution in [-0.2, 0) is 10.0 Å². The molecule has 8 nitrogen and oxygen atoms in total. The van der Waals surface area contributed by atoms with Crippen molar-refractivity contribution >= 4 is 21.4 Å². The van der Waals surface area contributed by atoms with Crippen molar-refractivity contribution in [3.05, 3.63) is 28.3 Å². The van der Waals surface area contributed by atoms with Gasteiger partial charge in [-0.15, -0.1) is 0 Å². The molecule has 1 aliphatic heterocycles. The van der Waals surface area contributed by atoms with Crippen molar-refractivity contribution in [2.24, 2.45) is 11.8 Å². The SMILES string of the molecule is CNS(=O)(=O)c1ccc(N2CCN(C3CC4CCC3C4)CC2)c([N+](=O)[O-])c1. The van der Waals surface area contributed by atoms with Crippen LogP contribution in [0.15, 0.2) is 23.1 Å². The molecule has 4 rings (SSSR count). The average Bonchev–Trinajstić information content (AvgIpc) is 3.31. The Labute approximate surface area is 159 Å². The van der Waals surface area contributed by atoms with Gasteiger partial charge < -0.3 is 4.90 Å². The van der Waals surface area contributed by atoms with Crippen molar-refractivity contribution in [2.45, 2.75) is 36.6 Å². The van der Waals surface area contributed by atoms with Crippen LogP contribution in [-0.4, -0.2) is 57.5 Å². The van der Waals surface area contributed by atoms with Gasteiger partial charge in [0, 0.05) is 38.3 Å². The van der Waals surface area contributed by atoms with Gasteiger partial charge in [0.05, 0.1) is 9.82 Å². The fraction of sp³-hybridized carbons (Fsp3) is 0.667. The molecule has 9 heteroatoms. The monoisotopic (exact) mass is 394 g/mol. The molecule has 3 unspecified atom stereocenters. The third-order valence-electron chi connectivity index (χ3n) is 6.55. The molecule has 2 saturated carbocycles. The molecule has 1 aromatic carbocycles. The van der Waals surface area contributed by atoms with Crippen molar-refractivity contribution < 1.29 is 13.3 Å². The molecule has 1 aromatic rings. The summed E-state index contributed by atoms with van der Waals surface area (Å²) in [5.74, 6) is 1.74. The Bertz CT molecular complexity index is 836. The second-order valence-corrected chi connectivity index (χ2v) is 9.77. The Morgan fingerprint density at radius 2 is 1.89 bits per heavy atom. The van der Waals surface area contributed by atoms with E-state index in [9.17, 15) is 18.5 Å². The van der Waals surface area contributed by atoms with Gasteiger partial charge in [-0.05, 0) is 50.3 Å². The molecule has 27 heavy (non-hydrogen) atoms. The molecule has 0 spiro atoms. The number of nitrogens with zero attached hydrogens (tertiary/aromatic N) is 3. The number of benzene rings is 1. The van der Waals surface area contributed by atoms with E-state index >= 15 is 0 Å². The van der Waals surface area contributed by atoms with Crippen molar-refractivity contribution in [1.82, 2.24) is 9.62 Å². The van der Waals surface area contributed by atoms with Crippen LogP contribution in [0.25, 0.3) is 0 Å². The Morgan fingerprint density at radius 1 is 1.15 bits per heavy atom. The number of hydrogen-bond donors (Lipinski definition) is 1. The van der Waals surface area contributed by atoms with Crippen LogP contribution in [0.3, 0.4) is 0 Å². The Balaban J connectivity index is 1.50. The van der Waals surface area contributed by atoms with E-state index in [4.69, 9.17) is 0 Å². The summed E-state index contributed by atoms with van der Waals surface area (Å²) in [7, 11) is -2.41. The maximum absolute atomic E-state index is 12.0. The van der Waals surface area contributed by atoms with Crippen molar-refractivity contribution in [3.8, 4) is 0 Å². The lowest BCUT2D eigenvalue weighted by molar-refractivity contribution is -0.384. The first-order valence-corrected chi connectivity index (χ1v) is 11.1. The van der Waals surface area contributed by atoms with Gasteiger partial charge in [0.25, 0.3) is 5.69 Å². The molecule has 1 N–H and O–H groups in total. The number of hydrogen-bond acceptors (Lipinski definition) is 6. The van der Waals surface area contributed by atoms with Crippen LogP contribution in [0, 0.1) is 22.0 Å². The highest BCUT2D eigenvalue weighted by molar-refractivity contribution is 7.89. The molecule has 148 valence electrons. The number of anilines is 1. The van der Waals surface area contributed by atoms with E-state index < -0.39 is 14.9 Å². The second kappa shape index (κ2) is 7.03. The molecule has 1 heterocycles. The van der Waals surface area contributed by atoms with E-state index in [1.807, 2.05) is 4.90 Å². The molecule has 3 fully saturated rings. The number of rotatable bonds is 5. The van der Waals surface area contributed by atoms with Crippen LogP contribution < -0.4 is 9.62 Å². The van der Waals surface area contributed by atoms with Gasteiger partial charge in [-0.3, -0.25) is 15.0 Å². The Hall–Kier alpha value is -1.71. The maximum Gasteiger partial charge on any atom is 0.293 e. The average molecular weight is 394 g/mol. The summed E-state index contributed by atoms with van der Waals surface area (Å²) in [4.78, 5) is 15.5. The standard InChI is InChI=1S/C18H26N4O4S/c1-19-27(25,26)15-4-5-16(18(12-15)22(23)24)20-6-8-21(9-7-20)17-11-13-2-3-14(17)10-13/h4-5,12-14,17,19H,2-3,6-11H2,1H3. The second-order valence-electron chi connectivity index (χ2n) is 7.88. The van der Waals surface area contributed by atoms with Gasteiger partial charge in [0.15, 0.2) is 0 Å². The lowest BCUT2D eigenvalue weighted by Crippen LogP contribution is -2.51. The van der Waals surface area contributed by atoms with Crippen LogP contribution in [0.4, 0.5) is 11.4 Å². The molecule has 0 amide bonds. The van der Waals surface area contributed by atoms with E-state index in [-0.39, 0.29) is 10.6 Å². The lowest BCUT2D eigenvalue weighted by Gasteiger charge is -2.41. The van der Waals surface area contributed by atoms with Crippen molar-refractivity contribution in [3.63, 3.8) is 0 Å². The quantitative estimate of drug-likeness (QED) is 0.604. The minimum Gasteiger partial charge on any atom is -0.363 e. The van der Waals surface area contributed by atoms with Crippen LogP contribution in [0.5, 0.6) is 0 Å². The number of nitro groups is 1. The van der Waals surface area contributed by atoms with Crippen molar-refractivity contribution in [1.29, 1.82) is 0 Å². The number of nitro benzene ring substituents is 1. The highest BCUT2D eigenvalue weighted by Crippen LogP contribution is 2.47. The number of fused-ring (bicyclic) bond motifs is 2. The van der Waals surface area contributed by atoms with Gasteiger partial charge in [0.1, 0.15) is 5.69 Å². The number of nitrogens with one attached hydrogen (secondary N) is 1. The van der Waals surface area contributed by atoms with Gasteiger partial charge in [-0.25, -0.2) is 13.1 Å². The van der Waals surface area contributed by atoms with Gasteiger partial charge in [-0.2, -0.15) is 0 Å². The summed E-state index contributed by atoms with van der Waals surface area (Å²) < 4.78 is 26.1. The molecular weight excluding hydrogens is 368 g/mol. The topological polar surface area (TPSA) is 95.8 Å². The first-order valence-electron chi connectivity index (χ1n) is 9.60. The van der Waals surface area contributed by atoms with Gasteiger partial charge in [-0.1, -0.05) is 6.42 Å². The molecular formula is C18H26N4O4S. The highest BCUT2D eigenvalue weighted by Gasteiger charge is 2.43. The summed E-state index contributed by atoms with van der Waals surface area (Å²) in [6.45, 7) is 3.27. The smallest absolute Gasteiger partial charge is 0.293 e. The van der Waals surface area contributed by atoms with Crippen LogP contribution in [0.2, 0.25) is 0 Å². The van der Waals surface area contributed by atoms with E-state index in [1.165, 1.54) is 38.8 Å². The minimum absolute atomic E-state index is 0.0823. The molecule has 3 aliphatic rings. The zero-order chi connectivity index (χ0) is 19.2. The Kier molecular flexibility index (Phi) is 4.85. The van der Waals surface area contributed by atoms with E-state index in [0.717, 1.165) is 44.1 Å². The fourth-order valence-electron chi connectivity index (χ4n) is 5.15. The zero-order valence-electron chi connectivity index (χ0n) is 15.5. The van der Waals surface area contributed by atoms with Crippen LogP contribution >= 0.6 is 0 Å². The normalized spacial score (nSPS) is 28.6. The highest BCUT2D eigenvalue weighted by atomic mass is 32.2. The summed E-state index contributed by atoms with van der Waals surface area (Å²) in [6.07, 6.45) is 5.41. The number of sulfonamides is 1. The summed E-state index contributed by atoms with van der Waals surface area (Å²) >= 11 is 0. The third kappa shape index (κ3) is 3.43. The van der Waals surface area contributed by atoms with E-state index in [0.29, 0.717) is 11.7 Å². The summed E-state index contributed by atoms with van der Waals surface area (Å²) in [5.41, 5.74) is 0.349. The summed E-state index contributed by atoms with van der Waals surface area (Å²) in [6, 6.07) is 4.85. The molecule has 0 radical (unpaired) electrons. The third-order valence-corrected chi connectivity index (χ3v) is 7.96. The maximum atomic E-state index is 12.0. The van der Waals surface area contributed by atoms with Crippen molar-refractivity contribution in [2.75, 3.05) is 38.1 Å². The first-order chi connectivity index (χ1) is 12.9. The lowest BCUT2D eigenvalue weighted by atomic mass is 9.93. The molecule has 2 aliphatic carbocycles. The zero-order valence-corrected chi connectivity index (χ0v) is 16.3. The molecule has 1 saturated heterocycles. The fourth-order valence-corrected chi connectivity index (χ4v) is 5.90. The van der Waals surface area contributed by atoms with E-state index in [2.05, 4.69) is 9.62 Å². The molecule has 3 atom stereocenters. The Morgan fingerprint density at radius 3 is 2.44 bits per heavy atom. The summed E-state index contributed by atoms with van der Waals surface area (Å²) in [5, 5.41) is 11.5. The van der Waals surface area contributed by atoms with Gasteiger partial charge >= 0.3 is 0 Å². The molecule has 0 aromatic heterocycles. The predicted octanol–water partition coefficient (Wildman–Crippen LogP) is 1.81. The largest absolute Gasteiger partial charge is 0.363 e. The van der Waals surface area contributed by atoms with E-state index in [1.54, 1.807) is 6.07 Å². The van der Waals surface area contributed by atoms with Gasteiger partial charge in [0.2, 0.25) is 10.0 Å². The minimum atomic E-state index is -3.71. The first kappa shape index (κ1) is 18.6. The predicted molar refractivity (Wildman–Crippen MR) is 102 cm³/mol.